The standard InChI is InChI=1S/C15H29N3O3/c1-4-21-15(20)17-13-6-5-7-18(10-13)14(19)12(9-16)8-11(2)3/h11-13H,4-10,16H2,1-3H3,(H,17,20). The number of carbonyl (C=O) groups is 2. The summed E-state index contributed by atoms with van der Waals surface area (Å²) in [4.78, 5) is 25.8. The van der Waals surface area contributed by atoms with Gasteiger partial charge in [0.25, 0.3) is 0 Å². The average Bonchev–Trinajstić information content (AvgIpc) is 2.44. The number of nitrogens with two attached hydrogens (primary N) is 1. The number of alkyl carbamates (subject to hydrolysis) is 1. The van der Waals surface area contributed by atoms with Crippen molar-refractivity contribution in [2.45, 2.75) is 46.1 Å². The first kappa shape index (κ1) is 17.8. The summed E-state index contributed by atoms with van der Waals surface area (Å²) < 4.78 is 4.89. The Morgan fingerprint density at radius 2 is 2.14 bits per heavy atom. The van der Waals surface area contributed by atoms with Crippen LogP contribution in [0.2, 0.25) is 0 Å². The molecule has 1 rings (SSSR count). The zero-order valence-electron chi connectivity index (χ0n) is 13.4. The Labute approximate surface area is 127 Å². The maximum Gasteiger partial charge on any atom is 0.407 e. The molecule has 1 aliphatic rings. The number of piperidine rings is 1. The predicted molar refractivity (Wildman–Crippen MR) is 81.8 cm³/mol. The molecule has 1 saturated heterocycles. The number of hydrogen-bond acceptors (Lipinski definition) is 4. The summed E-state index contributed by atoms with van der Waals surface area (Å²) in [6.45, 7) is 7.98. The second kappa shape index (κ2) is 8.87. The van der Waals surface area contributed by atoms with Crippen molar-refractivity contribution in [3.63, 3.8) is 0 Å². The molecule has 1 aliphatic heterocycles. The van der Waals surface area contributed by atoms with Crippen molar-refractivity contribution in [3.8, 4) is 0 Å². The van der Waals surface area contributed by atoms with Crippen LogP contribution < -0.4 is 11.1 Å². The highest BCUT2D eigenvalue weighted by Gasteiger charge is 2.29. The fourth-order valence-electron chi connectivity index (χ4n) is 2.76. The minimum atomic E-state index is -0.408. The smallest absolute Gasteiger partial charge is 0.407 e. The summed E-state index contributed by atoms with van der Waals surface area (Å²) in [7, 11) is 0. The Morgan fingerprint density at radius 3 is 2.71 bits per heavy atom. The van der Waals surface area contributed by atoms with Gasteiger partial charge in [-0.2, -0.15) is 0 Å². The van der Waals surface area contributed by atoms with Crippen molar-refractivity contribution in [1.29, 1.82) is 0 Å². The normalized spacial score (nSPS) is 20.2. The minimum Gasteiger partial charge on any atom is -0.450 e. The molecule has 6 heteroatoms. The first-order valence-electron chi connectivity index (χ1n) is 7.90. The summed E-state index contributed by atoms with van der Waals surface area (Å²) in [5, 5.41) is 2.82. The van der Waals surface area contributed by atoms with E-state index in [0.29, 0.717) is 25.6 Å². The molecule has 0 aromatic rings. The zero-order valence-corrected chi connectivity index (χ0v) is 13.4. The van der Waals surface area contributed by atoms with Crippen LogP contribution in [0, 0.1) is 11.8 Å². The number of hydrogen-bond donors (Lipinski definition) is 2. The van der Waals surface area contributed by atoms with E-state index in [-0.39, 0.29) is 17.9 Å². The molecule has 1 heterocycles. The lowest BCUT2D eigenvalue weighted by Crippen LogP contribution is -2.51. The third-order valence-corrected chi connectivity index (χ3v) is 3.72. The van der Waals surface area contributed by atoms with E-state index in [4.69, 9.17) is 10.5 Å². The molecular weight excluding hydrogens is 270 g/mol. The highest BCUT2D eigenvalue weighted by molar-refractivity contribution is 5.79. The molecule has 0 radical (unpaired) electrons. The van der Waals surface area contributed by atoms with Gasteiger partial charge in [0.2, 0.25) is 5.91 Å². The molecule has 6 nitrogen and oxygen atoms in total. The predicted octanol–water partition coefficient (Wildman–Crippen LogP) is 1.34. The number of nitrogens with one attached hydrogen (secondary N) is 1. The van der Waals surface area contributed by atoms with Crippen LogP contribution in [-0.4, -0.2) is 49.2 Å². The van der Waals surface area contributed by atoms with Crippen LogP contribution in [0.4, 0.5) is 4.79 Å². The molecule has 122 valence electrons. The first-order chi connectivity index (χ1) is 9.97. The topological polar surface area (TPSA) is 84.7 Å². The number of ether oxygens (including phenoxy) is 1. The first-order valence-corrected chi connectivity index (χ1v) is 7.90. The number of amides is 2. The number of carbonyl (C=O) groups excluding carboxylic acids is 2. The molecule has 2 atom stereocenters. The van der Waals surface area contributed by atoms with Crippen molar-refractivity contribution in [2.24, 2.45) is 17.6 Å². The second-order valence-electron chi connectivity index (χ2n) is 6.05. The van der Waals surface area contributed by atoms with E-state index in [0.717, 1.165) is 25.8 Å². The van der Waals surface area contributed by atoms with Gasteiger partial charge in [-0.1, -0.05) is 13.8 Å². The van der Waals surface area contributed by atoms with Crippen LogP contribution in [0.25, 0.3) is 0 Å². The van der Waals surface area contributed by atoms with E-state index in [9.17, 15) is 9.59 Å². The third kappa shape index (κ3) is 5.91. The summed E-state index contributed by atoms with van der Waals surface area (Å²) in [5.41, 5.74) is 5.75. The summed E-state index contributed by atoms with van der Waals surface area (Å²) in [6.07, 6.45) is 2.17. The van der Waals surface area contributed by atoms with Crippen LogP contribution >= 0.6 is 0 Å². The highest BCUT2D eigenvalue weighted by atomic mass is 16.5. The van der Waals surface area contributed by atoms with Crippen molar-refractivity contribution in [3.05, 3.63) is 0 Å². The largest absolute Gasteiger partial charge is 0.450 e. The van der Waals surface area contributed by atoms with Crippen molar-refractivity contribution >= 4 is 12.0 Å². The van der Waals surface area contributed by atoms with Gasteiger partial charge in [0.05, 0.1) is 12.5 Å². The van der Waals surface area contributed by atoms with Gasteiger partial charge in [-0.25, -0.2) is 4.79 Å². The molecule has 0 aromatic heterocycles. The van der Waals surface area contributed by atoms with Gasteiger partial charge in [0.1, 0.15) is 0 Å². The van der Waals surface area contributed by atoms with Crippen LogP contribution in [0.5, 0.6) is 0 Å². The number of nitrogens with zero attached hydrogens (tertiary/aromatic N) is 1. The molecule has 1 fully saturated rings. The van der Waals surface area contributed by atoms with Crippen molar-refractivity contribution in [2.75, 3.05) is 26.2 Å². The van der Waals surface area contributed by atoms with Crippen LogP contribution in [0.3, 0.4) is 0 Å². The average molecular weight is 299 g/mol. The molecule has 2 amide bonds. The summed E-state index contributed by atoms with van der Waals surface area (Å²) in [5.74, 6) is 0.439. The van der Waals surface area contributed by atoms with E-state index in [1.807, 2.05) is 4.90 Å². The third-order valence-electron chi connectivity index (χ3n) is 3.72. The molecule has 0 saturated carbocycles. The molecule has 3 N–H and O–H groups in total. The number of likely N-dealkylation sites (tertiary alicyclic amines) is 1. The van der Waals surface area contributed by atoms with E-state index in [1.165, 1.54) is 0 Å². The van der Waals surface area contributed by atoms with Crippen molar-refractivity contribution < 1.29 is 14.3 Å². The van der Waals surface area contributed by atoms with Crippen molar-refractivity contribution in [1.82, 2.24) is 10.2 Å². The Bertz CT molecular complexity index is 347. The van der Waals surface area contributed by atoms with E-state index < -0.39 is 6.09 Å². The van der Waals surface area contributed by atoms with Gasteiger partial charge in [0.15, 0.2) is 0 Å². The Morgan fingerprint density at radius 1 is 1.43 bits per heavy atom. The van der Waals surface area contributed by atoms with Gasteiger partial charge in [0, 0.05) is 25.7 Å². The molecular formula is C15H29N3O3. The van der Waals surface area contributed by atoms with Crippen LogP contribution in [0.15, 0.2) is 0 Å². The molecule has 0 aliphatic carbocycles. The zero-order chi connectivity index (χ0) is 15.8. The van der Waals surface area contributed by atoms with Gasteiger partial charge in [-0.05, 0) is 32.1 Å². The van der Waals surface area contributed by atoms with Gasteiger partial charge < -0.3 is 20.7 Å². The number of rotatable bonds is 6. The van der Waals surface area contributed by atoms with E-state index >= 15 is 0 Å². The van der Waals surface area contributed by atoms with Crippen LogP contribution in [-0.2, 0) is 9.53 Å². The van der Waals surface area contributed by atoms with Gasteiger partial charge in [-0.15, -0.1) is 0 Å². The summed E-state index contributed by atoms with van der Waals surface area (Å²) >= 11 is 0. The lowest BCUT2D eigenvalue weighted by atomic mass is 9.94. The monoisotopic (exact) mass is 299 g/mol. The molecule has 0 aromatic carbocycles. The Kier molecular flexibility index (Phi) is 7.50. The highest BCUT2D eigenvalue weighted by Crippen LogP contribution is 2.18. The molecule has 21 heavy (non-hydrogen) atoms. The maximum atomic E-state index is 12.5. The fraction of sp³-hybridized carbons (Fsp3) is 0.867. The van der Waals surface area contributed by atoms with Gasteiger partial charge in [-0.3, -0.25) is 4.79 Å². The SMILES string of the molecule is CCOC(=O)NC1CCCN(C(=O)C(CN)CC(C)C)C1. The fourth-order valence-corrected chi connectivity index (χ4v) is 2.76. The quantitative estimate of drug-likeness (QED) is 0.775. The van der Waals surface area contributed by atoms with E-state index in [2.05, 4.69) is 19.2 Å². The Hall–Kier alpha value is -1.30. The second-order valence-corrected chi connectivity index (χ2v) is 6.05. The lowest BCUT2D eigenvalue weighted by molar-refractivity contribution is -0.137. The van der Waals surface area contributed by atoms with E-state index in [1.54, 1.807) is 6.92 Å². The van der Waals surface area contributed by atoms with Crippen LogP contribution in [0.1, 0.15) is 40.0 Å². The maximum absolute atomic E-state index is 12.5. The minimum absolute atomic E-state index is 0.0285. The Balaban J connectivity index is 2.54. The molecule has 0 bridgehead atoms. The lowest BCUT2D eigenvalue weighted by Gasteiger charge is -2.35. The summed E-state index contributed by atoms with van der Waals surface area (Å²) in [6, 6.07) is -0.0285. The molecule has 0 spiro atoms. The molecule has 2 unspecified atom stereocenters. The van der Waals surface area contributed by atoms with Gasteiger partial charge >= 0.3 is 6.09 Å².